The number of carboxylic acids is 4. The van der Waals surface area contributed by atoms with E-state index in [1.165, 1.54) is 25.0 Å². The fourth-order valence-corrected chi connectivity index (χ4v) is 5.85. The Balaban J connectivity index is 2.41. The molecule has 68 heavy (non-hydrogen) atoms. The predicted octanol–water partition coefficient (Wildman–Crippen LogP) is -7.82. The minimum atomic E-state index is -2.05. The molecular weight excluding hydrogens is 914 g/mol. The average Bonchev–Trinajstić information content (AvgIpc) is 3.98. The number of aromatic amines is 2. The fourth-order valence-electron chi connectivity index (χ4n) is 5.85. The quantitative estimate of drug-likeness (QED) is 0.0334. The van der Waals surface area contributed by atoms with E-state index in [9.17, 15) is 78.0 Å². The van der Waals surface area contributed by atoms with Gasteiger partial charge < -0.3 is 89.3 Å². The second-order valence-corrected chi connectivity index (χ2v) is 14.9. The molecule has 19 N–H and O–H groups in total. The van der Waals surface area contributed by atoms with E-state index in [2.05, 4.69) is 51.8 Å². The van der Waals surface area contributed by atoms with Crippen LogP contribution in [0, 0.1) is 0 Å². The molecule has 9 atom stereocenters. The number of rotatable bonds is 31. The summed E-state index contributed by atoms with van der Waals surface area (Å²) < 4.78 is 0. The molecule has 0 unspecified atom stereocenters. The van der Waals surface area contributed by atoms with Crippen LogP contribution in [0.25, 0.3) is 0 Å². The summed E-state index contributed by atoms with van der Waals surface area (Å²) in [6.45, 7) is -0.0750. The molecule has 2 aromatic rings. The number of amides is 8. The number of nitrogens with two attached hydrogens (primary N) is 2. The van der Waals surface area contributed by atoms with Gasteiger partial charge in [-0.05, 0) is 19.8 Å². The normalized spacial score (nSPS) is 14.9. The molecule has 0 aliphatic heterocycles. The number of nitrogens with zero attached hydrogens (tertiary/aromatic N) is 2. The van der Waals surface area contributed by atoms with E-state index in [0.717, 1.165) is 6.92 Å². The molecule has 0 saturated heterocycles. The Morgan fingerprint density at radius 2 is 0.985 bits per heavy atom. The van der Waals surface area contributed by atoms with E-state index >= 15 is 0 Å². The number of aliphatic carboxylic acids is 4. The van der Waals surface area contributed by atoms with Crippen molar-refractivity contribution >= 4 is 71.1 Å². The van der Waals surface area contributed by atoms with Crippen molar-refractivity contribution in [3.8, 4) is 0 Å². The van der Waals surface area contributed by atoms with Crippen LogP contribution >= 0.6 is 0 Å². The van der Waals surface area contributed by atoms with Gasteiger partial charge in [-0.15, -0.1) is 0 Å². The van der Waals surface area contributed by atoms with Gasteiger partial charge in [0.1, 0.15) is 42.3 Å². The molecular formula is C37H53N13O18. The molecule has 2 rings (SSSR count). The molecule has 0 spiro atoms. The van der Waals surface area contributed by atoms with Gasteiger partial charge in [-0.3, -0.25) is 52.7 Å². The molecule has 0 aromatic carbocycles. The van der Waals surface area contributed by atoms with Gasteiger partial charge in [0.25, 0.3) is 0 Å². The monoisotopic (exact) mass is 967 g/mol. The summed E-state index contributed by atoms with van der Waals surface area (Å²) in [6.07, 6.45) is -1.78. The van der Waals surface area contributed by atoms with Gasteiger partial charge in [0.15, 0.2) is 0 Å². The van der Waals surface area contributed by atoms with Crippen molar-refractivity contribution in [3.05, 3.63) is 36.4 Å². The highest BCUT2D eigenvalue weighted by atomic mass is 16.4. The number of H-pyrrole nitrogens is 2. The van der Waals surface area contributed by atoms with E-state index in [1.807, 2.05) is 5.32 Å². The van der Waals surface area contributed by atoms with Crippen LogP contribution in [-0.4, -0.2) is 183 Å². The Kier molecular flexibility index (Phi) is 22.6. The summed E-state index contributed by atoms with van der Waals surface area (Å²) in [5.74, 6) is -15.9. The second-order valence-electron chi connectivity index (χ2n) is 14.9. The smallest absolute Gasteiger partial charge is 0.326 e. The SMILES string of the molecule is C[C@@H](O)[C@H](NC(=O)[C@@H](N)CCC(=O)O)C(=O)N[C@@H](CO)C(=O)N[C@@H](CCC(N)=O)C(=O)N[C@@H](Cc1c[nH]cn1)C(=O)N[C@@H](Cc1c[nH]cn1)C(=O)N[C@@H](CC(=O)O)C(=O)N[C@@H](CC(=O)O)C(=O)O. The molecule has 0 fully saturated rings. The average molecular weight is 968 g/mol. The third-order valence-corrected chi connectivity index (χ3v) is 9.40. The maximum absolute atomic E-state index is 14.1. The van der Waals surface area contributed by atoms with Gasteiger partial charge >= 0.3 is 23.9 Å². The minimum absolute atomic E-state index is 0.117. The van der Waals surface area contributed by atoms with Crippen molar-refractivity contribution in [2.24, 2.45) is 11.5 Å². The van der Waals surface area contributed by atoms with Gasteiger partial charge in [-0.1, -0.05) is 0 Å². The molecule has 2 aromatic heterocycles. The zero-order valence-corrected chi connectivity index (χ0v) is 36.0. The van der Waals surface area contributed by atoms with Crippen LogP contribution in [0.3, 0.4) is 0 Å². The standard InChI is InChI=1S/C37H53N13O18/c1-15(52)29(50-30(60)18(38)2-5-26(54)55)36(66)49-24(12-51)35(65)44-19(3-4-25(39)53)31(61)45-20(6-16-10-40-13-42-16)32(62)46-21(7-17-11-41-14-43-17)33(63)47-22(8-27(56)57)34(64)48-23(37(67)68)9-28(58)59/h10-11,13-15,18-24,29,51-52H,2-9,12,38H2,1H3,(H2,39,53)(H,40,42)(H,41,43)(H,44,65)(H,45,61)(H,46,62)(H,47,63)(H,48,64)(H,49,66)(H,50,60)(H,54,55)(H,56,57)(H,58,59)(H,67,68)/t15-,18+,19+,20+,21+,22+,23+,24+,29+/m1/s1. The molecule has 374 valence electrons. The molecule has 0 radical (unpaired) electrons. The number of aliphatic hydroxyl groups is 2. The number of imidazole rings is 2. The number of aliphatic hydroxyl groups excluding tert-OH is 2. The number of carbonyl (C=O) groups is 12. The Morgan fingerprint density at radius 3 is 1.41 bits per heavy atom. The van der Waals surface area contributed by atoms with Gasteiger partial charge in [0, 0.05) is 38.1 Å². The highest BCUT2D eigenvalue weighted by molar-refractivity contribution is 5.98. The van der Waals surface area contributed by atoms with Crippen molar-refractivity contribution in [3.63, 3.8) is 0 Å². The van der Waals surface area contributed by atoms with Crippen LogP contribution in [0.2, 0.25) is 0 Å². The lowest BCUT2D eigenvalue weighted by atomic mass is 10.0. The second kappa shape index (κ2) is 27.4. The van der Waals surface area contributed by atoms with Crippen LogP contribution in [0.4, 0.5) is 0 Å². The molecule has 0 saturated carbocycles. The Morgan fingerprint density at radius 1 is 0.559 bits per heavy atom. The summed E-state index contributed by atoms with van der Waals surface area (Å²) in [5.41, 5.74) is 11.2. The zero-order chi connectivity index (χ0) is 51.2. The van der Waals surface area contributed by atoms with E-state index in [0.29, 0.717) is 0 Å². The summed E-state index contributed by atoms with van der Waals surface area (Å²) in [5, 5.41) is 72.1. The number of nitrogens with one attached hydrogen (secondary N) is 9. The third kappa shape index (κ3) is 19.6. The van der Waals surface area contributed by atoms with E-state index in [4.69, 9.17) is 21.7 Å². The van der Waals surface area contributed by atoms with E-state index in [1.54, 1.807) is 0 Å². The number of primary amides is 1. The number of hydrogen-bond acceptors (Lipinski definition) is 17. The lowest BCUT2D eigenvalue weighted by Crippen LogP contribution is -2.62. The molecule has 2 heterocycles. The first-order chi connectivity index (χ1) is 31.9. The van der Waals surface area contributed by atoms with Crippen molar-refractivity contribution in [1.29, 1.82) is 0 Å². The lowest BCUT2D eigenvalue weighted by molar-refractivity contribution is -0.148. The maximum Gasteiger partial charge on any atom is 0.326 e. The van der Waals surface area contributed by atoms with Gasteiger partial charge in [0.05, 0.1) is 55.6 Å². The van der Waals surface area contributed by atoms with Crippen LogP contribution in [0.15, 0.2) is 25.0 Å². The first kappa shape index (κ1) is 56.1. The Bertz CT molecular complexity index is 2120. The van der Waals surface area contributed by atoms with Gasteiger partial charge in [-0.2, -0.15) is 0 Å². The van der Waals surface area contributed by atoms with Crippen molar-refractivity contribution in [1.82, 2.24) is 57.2 Å². The molecule has 31 heteroatoms. The predicted molar refractivity (Wildman–Crippen MR) is 222 cm³/mol. The van der Waals surface area contributed by atoms with Crippen molar-refractivity contribution < 1.29 is 88.2 Å². The lowest BCUT2D eigenvalue weighted by Gasteiger charge is -2.27. The van der Waals surface area contributed by atoms with Crippen LogP contribution < -0.4 is 48.7 Å². The number of carboxylic acid groups (broad SMARTS) is 4. The summed E-state index contributed by atoms with van der Waals surface area (Å²) in [6, 6.07) is -14.5. The number of hydrogen-bond donors (Lipinski definition) is 17. The third-order valence-electron chi connectivity index (χ3n) is 9.40. The maximum atomic E-state index is 14.1. The highest BCUT2D eigenvalue weighted by Crippen LogP contribution is 2.08. The summed E-state index contributed by atoms with van der Waals surface area (Å²) in [4.78, 5) is 164. The van der Waals surface area contributed by atoms with Crippen LogP contribution in [-0.2, 0) is 70.4 Å². The van der Waals surface area contributed by atoms with Crippen LogP contribution in [0.1, 0.15) is 56.8 Å². The molecule has 0 bridgehead atoms. The summed E-state index contributed by atoms with van der Waals surface area (Å²) in [7, 11) is 0. The van der Waals surface area contributed by atoms with Gasteiger partial charge in [0.2, 0.25) is 47.3 Å². The Hall–Kier alpha value is -8.06. The molecule has 0 aliphatic rings. The zero-order valence-electron chi connectivity index (χ0n) is 36.0. The molecule has 0 aliphatic carbocycles. The molecule has 31 nitrogen and oxygen atoms in total. The van der Waals surface area contributed by atoms with E-state index < -0.39 is 177 Å². The fraction of sp³-hybridized carbons (Fsp3) is 0.514. The van der Waals surface area contributed by atoms with Crippen molar-refractivity contribution in [2.75, 3.05) is 6.61 Å². The number of carbonyl (C=O) groups excluding carboxylic acids is 8. The summed E-state index contributed by atoms with van der Waals surface area (Å²) >= 11 is 0. The Labute approximate surface area is 383 Å². The highest BCUT2D eigenvalue weighted by Gasteiger charge is 2.36. The van der Waals surface area contributed by atoms with Crippen LogP contribution in [0.5, 0.6) is 0 Å². The molecule has 8 amide bonds. The first-order valence-electron chi connectivity index (χ1n) is 20.2. The number of aromatic nitrogens is 4. The largest absolute Gasteiger partial charge is 0.481 e. The topological polar surface area (TPSA) is 520 Å². The minimum Gasteiger partial charge on any atom is -0.481 e. The first-order valence-corrected chi connectivity index (χ1v) is 20.2. The van der Waals surface area contributed by atoms with Crippen molar-refractivity contribution in [2.45, 2.75) is 113 Å². The van der Waals surface area contributed by atoms with Gasteiger partial charge in [-0.25, -0.2) is 14.8 Å². The van der Waals surface area contributed by atoms with E-state index in [-0.39, 0.29) is 17.8 Å².